The van der Waals surface area contributed by atoms with Gasteiger partial charge in [-0.2, -0.15) is 0 Å². The number of carbonyl (C=O) groups excluding carboxylic acids is 1. The van der Waals surface area contributed by atoms with Crippen LogP contribution in [0.25, 0.3) is 10.9 Å². The van der Waals surface area contributed by atoms with Gasteiger partial charge >= 0.3 is 6.09 Å². The zero-order valence-electron chi connectivity index (χ0n) is 21.7. The minimum Gasteiger partial charge on any atom is -0.489 e. The Kier molecular flexibility index (Phi) is 8.59. The molecule has 212 valence electrons. The van der Waals surface area contributed by atoms with Crippen molar-refractivity contribution < 1.29 is 28.6 Å². The van der Waals surface area contributed by atoms with E-state index in [1.165, 1.54) is 6.33 Å². The van der Waals surface area contributed by atoms with Gasteiger partial charge in [-0.05, 0) is 49.2 Å². The van der Waals surface area contributed by atoms with Crippen molar-refractivity contribution in [2.45, 2.75) is 25.5 Å². The number of nitrogens with zero attached hydrogens (tertiary/aromatic N) is 4. The van der Waals surface area contributed by atoms with Crippen LogP contribution in [0.3, 0.4) is 0 Å². The molecule has 1 fully saturated rings. The van der Waals surface area contributed by atoms with Crippen molar-refractivity contribution >= 4 is 51.7 Å². The number of pyridine rings is 1. The highest BCUT2D eigenvalue weighted by atomic mass is 35.5. The largest absolute Gasteiger partial charge is 0.489 e. The highest BCUT2D eigenvalue weighted by Gasteiger charge is 2.34. The van der Waals surface area contributed by atoms with Crippen molar-refractivity contribution in [3.8, 4) is 11.5 Å². The third-order valence-corrected chi connectivity index (χ3v) is 6.72. The van der Waals surface area contributed by atoms with Gasteiger partial charge in [0.15, 0.2) is 0 Å². The first-order valence-corrected chi connectivity index (χ1v) is 13.2. The summed E-state index contributed by atoms with van der Waals surface area (Å²) in [7, 11) is 0. The molecule has 1 aliphatic rings. The second kappa shape index (κ2) is 12.6. The second-order valence-corrected chi connectivity index (χ2v) is 9.54. The monoisotopic (exact) mass is 580 g/mol. The number of amides is 2. The van der Waals surface area contributed by atoms with E-state index in [-0.39, 0.29) is 31.2 Å². The SMILES string of the molecule is O=C(Nc1cc2c(Nc3ccc(OCc4ccccn4)c(Cl)c3)ncnc2cc1OCCF)[C@@H]1CCCN1C(=O)O. The van der Waals surface area contributed by atoms with Crippen molar-refractivity contribution in [1.82, 2.24) is 19.9 Å². The van der Waals surface area contributed by atoms with Crippen LogP contribution in [0.1, 0.15) is 18.5 Å². The number of hydrogen-bond acceptors (Lipinski definition) is 8. The number of fused-ring (bicyclic) bond motifs is 1. The Bertz CT molecular complexity index is 1560. The maximum atomic E-state index is 13.1. The summed E-state index contributed by atoms with van der Waals surface area (Å²) in [6.07, 6.45) is 2.85. The van der Waals surface area contributed by atoms with E-state index in [1.54, 1.807) is 36.5 Å². The summed E-state index contributed by atoms with van der Waals surface area (Å²) in [4.78, 5) is 38.6. The zero-order valence-corrected chi connectivity index (χ0v) is 22.5. The molecule has 5 rings (SSSR count). The van der Waals surface area contributed by atoms with Gasteiger partial charge in [0.2, 0.25) is 5.91 Å². The van der Waals surface area contributed by atoms with Gasteiger partial charge < -0.3 is 25.2 Å². The molecule has 1 saturated heterocycles. The number of anilines is 3. The molecule has 11 nitrogen and oxygen atoms in total. The van der Waals surface area contributed by atoms with Crippen LogP contribution in [0.4, 0.5) is 26.4 Å². The van der Waals surface area contributed by atoms with E-state index in [4.69, 9.17) is 21.1 Å². The van der Waals surface area contributed by atoms with Crippen LogP contribution < -0.4 is 20.1 Å². The van der Waals surface area contributed by atoms with E-state index in [0.717, 1.165) is 10.6 Å². The molecule has 2 amide bonds. The van der Waals surface area contributed by atoms with E-state index in [1.807, 2.05) is 18.2 Å². The van der Waals surface area contributed by atoms with Crippen molar-refractivity contribution in [3.05, 3.63) is 71.8 Å². The summed E-state index contributed by atoms with van der Waals surface area (Å²) in [5.74, 6) is 0.588. The van der Waals surface area contributed by atoms with Crippen LogP contribution in [0.2, 0.25) is 5.02 Å². The number of benzene rings is 2. The van der Waals surface area contributed by atoms with Gasteiger partial charge in [-0.3, -0.25) is 14.7 Å². The molecule has 0 radical (unpaired) electrons. The minimum absolute atomic E-state index is 0.200. The first-order chi connectivity index (χ1) is 19.9. The molecule has 0 spiro atoms. The quantitative estimate of drug-likeness (QED) is 0.224. The summed E-state index contributed by atoms with van der Waals surface area (Å²) in [5, 5.41) is 16.3. The Morgan fingerprint density at radius 3 is 2.73 bits per heavy atom. The summed E-state index contributed by atoms with van der Waals surface area (Å²) < 4.78 is 24.3. The topological polar surface area (TPSA) is 139 Å². The van der Waals surface area contributed by atoms with Crippen LogP contribution in [0.5, 0.6) is 11.5 Å². The Labute approximate surface area is 239 Å². The molecule has 41 heavy (non-hydrogen) atoms. The van der Waals surface area contributed by atoms with Crippen LogP contribution in [0, 0.1) is 0 Å². The lowest BCUT2D eigenvalue weighted by Gasteiger charge is -2.22. The molecular formula is C28H26ClFN6O5. The average molecular weight is 581 g/mol. The van der Waals surface area contributed by atoms with E-state index < -0.39 is 24.7 Å². The fourth-order valence-corrected chi connectivity index (χ4v) is 4.74. The molecule has 1 atom stereocenters. The molecule has 2 aromatic carbocycles. The van der Waals surface area contributed by atoms with E-state index in [9.17, 15) is 19.1 Å². The summed E-state index contributed by atoms with van der Waals surface area (Å²) in [5.41, 5.74) is 2.09. The first-order valence-electron chi connectivity index (χ1n) is 12.8. The predicted molar refractivity (Wildman–Crippen MR) is 151 cm³/mol. The molecule has 0 bridgehead atoms. The third kappa shape index (κ3) is 6.55. The van der Waals surface area contributed by atoms with Crippen molar-refractivity contribution in [2.24, 2.45) is 0 Å². The van der Waals surface area contributed by atoms with Gasteiger partial charge in [-0.15, -0.1) is 0 Å². The number of nitrogens with one attached hydrogen (secondary N) is 2. The molecule has 3 heterocycles. The average Bonchev–Trinajstić information content (AvgIpc) is 3.47. The fourth-order valence-electron chi connectivity index (χ4n) is 4.50. The maximum absolute atomic E-state index is 13.1. The smallest absolute Gasteiger partial charge is 0.407 e. The number of carbonyl (C=O) groups is 2. The lowest BCUT2D eigenvalue weighted by atomic mass is 10.1. The molecule has 0 saturated carbocycles. The normalized spacial score (nSPS) is 14.6. The molecule has 0 unspecified atom stereocenters. The van der Waals surface area contributed by atoms with Crippen molar-refractivity contribution in [1.29, 1.82) is 0 Å². The summed E-state index contributed by atoms with van der Waals surface area (Å²) >= 11 is 6.47. The number of likely N-dealkylation sites (tertiary alicyclic amines) is 1. The van der Waals surface area contributed by atoms with Crippen LogP contribution in [0.15, 0.2) is 61.1 Å². The van der Waals surface area contributed by atoms with Gasteiger partial charge in [0, 0.05) is 29.9 Å². The van der Waals surface area contributed by atoms with Gasteiger partial charge in [0.1, 0.15) is 49.6 Å². The van der Waals surface area contributed by atoms with Crippen LogP contribution >= 0.6 is 11.6 Å². The second-order valence-electron chi connectivity index (χ2n) is 9.13. The Morgan fingerprint density at radius 1 is 1.10 bits per heavy atom. The predicted octanol–water partition coefficient (Wildman–Crippen LogP) is 5.43. The van der Waals surface area contributed by atoms with Gasteiger partial charge in [0.05, 0.1) is 21.9 Å². The number of hydrogen-bond donors (Lipinski definition) is 3. The molecule has 0 aliphatic carbocycles. The molecule has 4 aromatic rings. The van der Waals surface area contributed by atoms with Gasteiger partial charge in [-0.25, -0.2) is 19.2 Å². The Hall–Kier alpha value is -4.71. The molecule has 3 N–H and O–H groups in total. The highest BCUT2D eigenvalue weighted by Crippen LogP contribution is 2.35. The highest BCUT2D eigenvalue weighted by molar-refractivity contribution is 6.32. The third-order valence-electron chi connectivity index (χ3n) is 6.43. The summed E-state index contributed by atoms with van der Waals surface area (Å²) in [6.45, 7) is -0.438. The van der Waals surface area contributed by atoms with E-state index >= 15 is 0 Å². The number of rotatable bonds is 10. The minimum atomic E-state index is -1.17. The molecular weight excluding hydrogens is 555 g/mol. The first kappa shape index (κ1) is 27.8. The van der Waals surface area contributed by atoms with Crippen molar-refractivity contribution in [3.63, 3.8) is 0 Å². The van der Waals surface area contributed by atoms with Crippen LogP contribution in [-0.4, -0.2) is 62.8 Å². The maximum Gasteiger partial charge on any atom is 0.407 e. The number of halogens is 2. The van der Waals surface area contributed by atoms with Gasteiger partial charge in [0.25, 0.3) is 0 Å². The Morgan fingerprint density at radius 2 is 1.98 bits per heavy atom. The fraction of sp³-hybridized carbons (Fsp3) is 0.250. The van der Waals surface area contributed by atoms with E-state index in [2.05, 4.69) is 25.6 Å². The lowest BCUT2D eigenvalue weighted by Crippen LogP contribution is -2.42. The van der Waals surface area contributed by atoms with Gasteiger partial charge in [-0.1, -0.05) is 17.7 Å². The Balaban J connectivity index is 1.40. The van der Waals surface area contributed by atoms with Crippen LogP contribution in [-0.2, 0) is 11.4 Å². The number of carboxylic acid groups (broad SMARTS) is 1. The summed E-state index contributed by atoms with van der Waals surface area (Å²) in [6, 6.07) is 13.1. The number of ether oxygens (including phenoxy) is 2. The van der Waals surface area contributed by atoms with E-state index in [0.29, 0.717) is 46.0 Å². The molecule has 13 heteroatoms. The lowest BCUT2D eigenvalue weighted by molar-refractivity contribution is -0.119. The number of alkyl halides is 1. The standard InChI is InChI=1S/C28H26ClFN6O5/c29-20-12-17(6-7-24(20)41-15-18-4-1-2-9-31-18)34-26-19-13-22(25(40-11-8-30)14-21(19)32-16-33-26)35-27(37)23-5-3-10-36(23)28(38)39/h1-2,4,6-7,9,12-14,16,23H,3,5,8,10-11,15H2,(H,35,37)(H,38,39)(H,32,33,34)/t23-/m0/s1. The zero-order chi connectivity index (χ0) is 28.8. The molecule has 1 aliphatic heterocycles. The van der Waals surface area contributed by atoms with Crippen molar-refractivity contribution in [2.75, 3.05) is 30.5 Å². The number of aromatic nitrogens is 3. The molecule has 2 aromatic heterocycles.